The number of rotatable bonds is 5. The quantitative estimate of drug-likeness (QED) is 0.349. The zero-order valence-electron chi connectivity index (χ0n) is 17.6. The predicted molar refractivity (Wildman–Crippen MR) is 127 cm³/mol. The van der Waals surface area contributed by atoms with E-state index in [4.69, 9.17) is 9.72 Å². The van der Waals surface area contributed by atoms with E-state index in [-0.39, 0.29) is 0 Å². The molecule has 0 aliphatic carbocycles. The van der Waals surface area contributed by atoms with Gasteiger partial charge < -0.3 is 14.5 Å². The van der Waals surface area contributed by atoms with Gasteiger partial charge >= 0.3 is 0 Å². The van der Waals surface area contributed by atoms with E-state index in [1.165, 1.54) is 5.56 Å². The third-order valence-electron chi connectivity index (χ3n) is 5.27. The van der Waals surface area contributed by atoms with Crippen molar-refractivity contribution in [3.05, 3.63) is 83.8 Å². The Kier molecular flexibility index (Phi) is 4.92. The summed E-state index contributed by atoms with van der Waals surface area (Å²) in [5.74, 6) is 0.810. The summed E-state index contributed by atoms with van der Waals surface area (Å²) in [5, 5.41) is 4.55. The zero-order valence-corrected chi connectivity index (χ0v) is 18.4. The summed E-state index contributed by atoms with van der Waals surface area (Å²) in [6.07, 6.45) is 5.98. The molecule has 0 saturated heterocycles. The third kappa shape index (κ3) is 3.66. The second kappa shape index (κ2) is 7.89. The molecule has 2 aromatic carbocycles. The molecule has 6 heteroatoms. The number of hydrogen-bond donors (Lipinski definition) is 1. The number of nitrogens with one attached hydrogen (secondary N) is 1. The van der Waals surface area contributed by atoms with Crippen LogP contribution in [0.15, 0.2) is 73.2 Å². The van der Waals surface area contributed by atoms with E-state index in [0.717, 1.165) is 49.5 Å². The Morgan fingerprint density at radius 3 is 2.65 bits per heavy atom. The van der Waals surface area contributed by atoms with Crippen molar-refractivity contribution in [1.82, 2.24) is 14.4 Å². The Labute approximate surface area is 185 Å². The van der Waals surface area contributed by atoms with Crippen LogP contribution >= 0.6 is 11.3 Å². The Morgan fingerprint density at radius 1 is 1.00 bits per heavy atom. The van der Waals surface area contributed by atoms with Gasteiger partial charge in [0.05, 0.1) is 28.4 Å². The van der Waals surface area contributed by atoms with Crippen LogP contribution in [0.2, 0.25) is 0 Å². The van der Waals surface area contributed by atoms with Crippen molar-refractivity contribution >= 4 is 28.4 Å². The highest BCUT2D eigenvalue weighted by Crippen LogP contribution is 2.36. The van der Waals surface area contributed by atoms with E-state index in [1.54, 1.807) is 18.4 Å². The van der Waals surface area contributed by atoms with Gasteiger partial charge in [0, 0.05) is 41.5 Å². The lowest BCUT2D eigenvalue weighted by atomic mass is 10.1. The van der Waals surface area contributed by atoms with E-state index >= 15 is 0 Å². The van der Waals surface area contributed by atoms with Crippen LogP contribution in [-0.2, 0) is 0 Å². The van der Waals surface area contributed by atoms with E-state index in [1.807, 2.05) is 49.6 Å². The molecule has 0 amide bonds. The number of methoxy groups -OCH3 is 1. The number of aryl methyl sites for hydroxylation is 2. The Morgan fingerprint density at radius 2 is 1.87 bits per heavy atom. The van der Waals surface area contributed by atoms with Gasteiger partial charge in [0.2, 0.25) is 0 Å². The first-order valence-corrected chi connectivity index (χ1v) is 10.9. The molecule has 0 aliphatic heterocycles. The fourth-order valence-electron chi connectivity index (χ4n) is 3.71. The number of ether oxygens (including phenoxy) is 1. The van der Waals surface area contributed by atoms with Crippen molar-refractivity contribution < 1.29 is 4.74 Å². The molecule has 5 nitrogen and oxygen atoms in total. The molecule has 0 fully saturated rings. The van der Waals surface area contributed by atoms with Crippen molar-refractivity contribution in [2.45, 2.75) is 13.8 Å². The summed E-state index contributed by atoms with van der Waals surface area (Å²) in [6.45, 7) is 4.11. The van der Waals surface area contributed by atoms with E-state index in [2.05, 4.69) is 52.1 Å². The first-order chi connectivity index (χ1) is 15.1. The standard InChI is InChI=1S/C25H22N4OS/c1-16-7-4-5-8-19(16)22-15-29-12-6-9-21(25(29)28-22)27-18-10-11-20(23(13-18)30-3)24-14-26-17(2)31-24/h4-15,27H,1-3H3. The molecule has 1 N–H and O–H groups in total. The molecule has 5 aromatic rings. The lowest BCUT2D eigenvalue weighted by Gasteiger charge is -2.12. The summed E-state index contributed by atoms with van der Waals surface area (Å²) >= 11 is 1.66. The smallest absolute Gasteiger partial charge is 0.161 e. The normalized spacial score (nSPS) is 11.1. The first-order valence-electron chi connectivity index (χ1n) is 10.0. The van der Waals surface area contributed by atoms with Gasteiger partial charge in [-0.2, -0.15) is 0 Å². The highest BCUT2D eigenvalue weighted by Gasteiger charge is 2.12. The minimum Gasteiger partial charge on any atom is -0.496 e. The average Bonchev–Trinajstić information content (AvgIpc) is 3.41. The van der Waals surface area contributed by atoms with Gasteiger partial charge in [-0.15, -0.1) is 11.3 Å². The summed E-state index contributed by atoms with van der Waals surface area (Å²) in [7, 11) is 1.69. The first kappa shape index (κ1) is 19.3. The second-order valence-electron chi connectivity index (χ2n) is 7.38. The van der Waals surface area contributed by atoms with Gasteiger partial charge in [-0.3, -0.25) is 0 Å². The van der Waals surface area contributed by atoms with Gasteiger partial charge in [-0.1, -0.05) is 24.3 Å². The van der Waals surface area contributed by atoms with Crippen LogP contribution in [0.4, 0.5) is 11.4 Å². The fraction of sp³-hybridized carbons (Fsp3) is 0.120. The van der Waals surface area contributed by atoms with Crippen LogP contribution in [0.5, 0.6) is 5.75 Å². The number of hydrogen-bond acceptors (Lipinski definition) is 5. The number of nitrogens with zero attached hydrogens (tertiary/aromatic N) is 3. The van der Waals surface area contributed by atoms with Crippen molar-refractivity contribution in [2.24, 2.45) is 0 Å². The van der Waals surface area contributed by atoms with Crippen LogP contribution < -0.4 is 10.1 Å². The van der Waals surface area contributed by atoms with Gasteiger partial charge in [-0.25, -0.2) is 9.97 Å². The van der Waals surface area contributed by atoms with E-state index < -0.39 is 0 Å². The van der Waals surface area contributed by atoms with Crippen LogP contribution in [0.25, 0.3) is 27.3 Å². The Hall–Kier alpha value is -3.64. The van der Waals surface area contributed by atoms with Crippen molar-refractivity contribution in [3.63, 3.8) is 0 Å². The van der Waals surface area contributed by atoms with Crippen molar-refractivity contribution in [1.29, 1.82) is 0 Å². The van der Waals surface area contributed by atoms with Gasteiger partial charge in [-0.05, 0) is 43.7 Å². The Bertz CT molecular complexity index is 1390. The number of thiazole rings is 1. The number of pyridine rings is 1. The summed E-state index contributed by atoms with van der Waals surface area (Å²) < 4.78 is 7.72. The summed E-state index contributed by atoms with van der Waals surface area (Å²) in [5.41, 5.74) is 7.10. The molecule has 0 unspecified atom stereocenters. The van der Waals surface area contributed by atoms with Gasteiger partial charge in [0.1, 0.15) is 5.75 Å². The number of fused-ring (bicyclic) bond motifs is 1. The molecule has 0 spiro atoms. The van der Waals surface area contributed by atoms with Crippen LogP contribution in [-0.4, -0.2) is 21.5 Å². The van der Waals surface area contributed by atoms with Crippen LogP contribution in [0, 0.1) is 13.8 Å². The molecule has 3 aromatic heterocycles. The maximum atomic E-state index is 5.67. The molecule has 0 saturated carbocycles. The molecular weight excluding hydrogens is 404 g/mol. The predicted octanol–water partition coefficient (Wildman–Crippen LogP) is 6.49. The second-order valence-corrected chi connectivity index (χ2v) is 8.61. The molecule has 31 heavy (non-hydrogen) atoms. The molecule has 154 valence electrons. The molecule has 0 radical (unpaired) electrons. The minimum atomic E-state index is 0.810. The molecule has 5 rings (SSSR count). The number of imidazole rings is 1. The average molecular weight is 427 g/mol. The SMILES string of the molecule is COc1cc(Nc2cccn3cc(-c4ccccc4C)nc23)ccc1-c1cnc(C)s1. The minimum absolute atomic E-state index is 0.810. The van der Waals surface area contributed by atoms with Crippen LogP contribution in [0.3, 0.4) is 0 Å². The summed E-state index contributed by atoms with van der Waals surface area (Å²) in [6, 6.07) is 18.5. The zero-order chi connectivity index (χ0) is 21.4. The highest BCUT2D eigenvalue weighted by atomic mass is 32.1. The fourth-order valence-corrected chi connectivity index (χ4v) is 4.52. The van der Waals surface area contributed by atoms with E-state index in [0.29, 0.717) is 0 Å². The number of benzene rings is 2. The molecular formula is C25H22N4OS. The van der Waals surface area contributed by atoms with Crippen molar-refractivity contribution in [3.8, 4) is 27.4 Å². The molecule has 0 atom stereocenters. The monoisotopic (exact) mass is 426 g/mol. The Balaban J connectivity index is 1.51. The van der Waals surface area contributed by atoms with Gasteiger partial charge in [0.25, 0.3) is 0 Å². The van der Waals surface area contributed by atoms with Crippen LogP contribution in [0.1, 0.15) is 10.6 Å². The number of aromatic nitrogens is 3. The van der Waals surface area contributed by atoms with E-state index in [9.17, 15) is 0 Å². The third-order valence-corrected chi connectivity index (χ3v) is 6.22. The topological polar surface area (TPSA) is 51.5 Å². The molecule has 3 heterocycles. The molecule has 0 aliphatic rings. The van der Waals surface area contributed by atoms with Crippen molar-refractivity contribution in [2.75, 3.05) is 12.4 Å². The maximum absolute atomic E-state index is 5.67. The lowest BCUT2D eigenvalue weighted by Crippen LogP contribution is -1.96. The highest BCUT2D eigenvalue weighted by molar-refractivity contribution is 7.15. The van der Waals surface area contributed by atoms with Gasteiger partial charge in [0.15, 0.2) is 5.65 Å². The number of anilines is 2. The summed E-state index contributed by atoms with van der Waals surface area (Å²) in [4.78, 5) is 10.4. The molecule has 0 bridgehead atoms. The lowest BCUT2D eigenvalue weighted by molar-refractivity contribution is 0.417. The maximum Gasteiger partial charge on any atom is 0.161 e. The largest absolute Gasteiger partial charge is 0.496 e.